The van der Waals surface area contributed by atoms with E-state index in [1.54, 1.807) is 0 Å². The zero-order valence-electron chi connectivity index (χ0n) is 43.0. The van der Waals surface area contributed by atoms with Crippen LogP contribution < -0.4 is 0 Å². The lowest BCUT2D eigenvalue weighted by atomic mass is 10.1. The molecule has 0 fully saturated rings. The van der Waals surface area contributed by atoms with Gasteiger partial charge in [-0.15, -0.1) is 0 Å². The minimum atomic E-state index is -2.36. The number of rotatable bonds is 54. The minimum absolute atomic E-state index is 0.850. The maximum absolute atomic E-state index is 7.27. The van der Waals surface area contributed by atoms with E-state index in [1.165, 1.54) is 276 Å². The molecule has 0 aromatic rings. The summed E-state index contributed by atoms with van der Waals surface area (Å²) in [6.07, 6.45) is 53.8. The lowest BCUT2D eigenvalue weighted by molar-refractivity contribution is 0.122. The molecule has 0 rings (SSSR count). The lowest BCUT2D eigenvalue weighted by Gasteiger charge is -2.33. The van der Waals surface area contributed by atoms with Crippen LogP contribution in [0, 0.1) is 0 Å². The third-order valence-electron chi connectivity index (χ3n) is 13.5. The molecule has 0 saturated heterocycles. The Kier molecular flexibility index (Phi) is 51.7. The summed E-state index contributed by atoms with van der Waals surface area (Å²) in [5.41, 5.74) is 0. The van der Waals surface area contributed by atoms with E-state index < -0.39 is 8.56 Å². The highest BCUT2D eigenvalue weighted by Gasteiger charge is 2.37. The molecule has 0 aromatic carbocycles. The molecule has 368 valence electrons. The SMILES string of the molecule is CCCCCCCCCCN(CCCCCCCCCC)CCO[Si](CCCS)(CCCCCCCC)OCCN(CCCCCCCCCC)CCCCCCCCCC. The maximum atomic E-state index is 7.27. The quantitative estimate of drug-likeness (QED) is 0.0374. The molecule has 0 N–H and O–H groups in total. The second-order valence-electron chi connectivity index (χ2n) is 19.5. The summed E-state index contributed by atoms with van der Waals surface area (Å²) in [4.78, 5) is 5.57. The molecule has 0 aliphatic carbocycles. The topological polar surface area (TPSA) is 24.9 Å². The average molecular weight is 898 g/mol. The summed E-state index contributed by atoms with van der Waals surface area (Å²) >= 11 is 4.74. The average Bonchev–Trinajstić information content (AvgIpc) is 3.27. The molecular formula is C55H116N2O2SSi. The van der Waals surface area contributed by atoms with Crippen LogP contribution >= 0.6 is 12.6 Å². The van der Waals surface area contributed by atoms with E-state index in [4.69, 9.17) is 21.5 Å². The van der Waals surface area contributed by atoms with Crippen LogP contribution in [0.2, 0.25) is 12.1 Å². The van der Waals surface area contributed by atoms with Crippen molar-refractivity contribution in [3.05, 3.63) is 0 Å². The van der Waals surface area contributed by atoms with Crippen molar-refractivity contribution >= 4 is 21.2 Å². The van der Waals surface area contributed by atoms with Gasteiger partial charge in [-0.3, -0.25) is 0 Å². The Morgan fingerprint density at radius 3 is 0.770 bits per heavy atom. The molecule has 6 heteroatoms. The van der Waals surface area contributed by atoms with Crippen molar-refractivity contribution in [2.75, 3.05) is 58.2 Å². The molecule has 0 unspecified atom stereocenters. The number of thiol groups is 1. The first kappa shape index (κ1) is 61.4. The van der Waals surface area contributed by atoms with Crippen molar-refractivity contribution in [3.8, 4) is 0 Å². The van der Waals surface area contributed by atoms with E-state index in [0.29, 0.717) is 0 Å². The van der Waals surface area contributed by atoms with Crippen molar-refractivity contribution in [2.45, 2.75) is 297 Å². The van der Waals surface area contributed by atoms with E-state index in [0.717, 1.165) is 44.5 Å². The monoisotopic (exact) mass is 897 g/mol. The third-order valence-corrected chi connectivity index (χ3v) is 17.5. The van der Waals surface area contributed by atoms with Gasteiger partial charge in [0.15, 0.2) is 0 Å². The second-order valence-corrected chi connectivity index (χ2v) is 23.4. The van der Waals surface area contributed by atoms with E-state index in [2.05, 4.69) is 44.4 Å². The fourth-order valence-electron chi connectivity index (χ4n) is 9.25. The van der Waals surface area contributed by atoms with Gasteiger partial charge in [-0.25, -0.2) is 0 Å². The molecule has 0 aliphatic heterocycles. The standard InChI is InChI=1S/C55H116N2O2SSi/c1-6-11-16-21-26-30-34-39-45-56(46-40-35-31-27-22-17-12-7-2)49-51-58-61(55-44-53-60,54-43-38-25-20-15-10-5)59-52-50-57(47-41-36-32-28-23-18-13-8-3)48-42-37-33-29-24-19-14-9-4/h60H,6-55H2,1-5H3. The fraction of sp³-hybridized carbons (Fsp3) is 1.00. The molecule has 61 heavy (non-hydrogen) atoms. The smallest absolute Gasteiger partial charge is 0.338 e. The van der Waals surface area contributed by atoms with Gasteiger partial charge in [0, 0.05) is 26.3 Å². The fourth-order valence-corrected chi connectivity index (χ4v) is 13.0. The Hall–Kier alpha value is 0.407. The molecule has 0 heterocycles. The Balaban J connectivity index is 5.58. The molecule has 0 aromatic heterocycles. The van der Waals surface area contributed by atoms with Crippen LogP contribution in [-0.4, -0.2) is 76.6 Å². The van der Waals surface area contributed by atoms with Gasteiger partial charge in [0.25, 0.3) is 0 Å². The highest BCUT2D eigenvalue weighted by molar-refractivity contribution is 7.80. The summed E-state index contributed by atoms with van der Waals surface area (Å²) in [7, 11) is -2.36. The molecule has 0 aliphatic rings. The molecular weight excluding hydrogens is 781 g/mol. The van der Waals surface area contributed by atoms with Crippen LogP contribution in [0.1, 0.15) is 285 Å². The highest BCUT2D eigenvalue weighted by atomic mass is 32.1. The van der Waals surface area contributed by atoms with Gasteiger partial charge in [-0.1, -0.05) is 253 Å². The van der Waals surface area contributed by atoms with Gasteiger partial charge in [-0.2, -0.15) is 12.6 Å². The molecule has 0 spiro atoms. The molecule has 0 radical (unpaired) electrons. The van der Waals surface area contributed by atoms with Crippen LogP contribution in [0.5, 0.6) is 0 Å². The van der Waals surface area contributed by atoms with Crippen LogP contribution in [-0.2, 0) is 8.85 Å². The van der Waals surface area contributed by atoms with Crippen molar-refractivity contribution in [2.24, 2.45) is 0 Å². The van der Waals surface area contributed by atoms with E-state index in [-0.39, 0.29) is 0 Å². The Bertz CT molecular complexity index is 716. The predicted octanol–water partition coefficient (Wildman–Crippen LogP) is 18.3. The minimum Gasteiger partial charge on any atom is -0.393 e. The number of hydrogen-bond acceptors (Lipinski definition) is 5. The maximum Gasteiger partial charge on any atom is 0.338 e. The van der Waals surface area contributed by atoms with Gasteiger partial charge < -0.3 is 18.7 Å². The summed E-state index contributed by atoms with van der Waals surface area (Å²) in [5.74, 6) is 0.935. The molecule has 4 nitrogen and oxygen atoms in total. The molecule has 0 amide bonds. The number of unbranched alkanes of at least 4 members (excludes halogenated alkanes) is 33. The van der Waals surface area contributed by atoms with E-state index in [1.807, 2.05) is 0 Å². The van der Waals surface area contributed by atoms with E-state index >= 15 is 0 Å². The zero-order valence-corrected chi connectivity index (χ0v) is 44.9. The third kappa shape index (κ3) is 44.0. The predicted molar refractivity (Wildman–Crippen MR) is 282 cm³/mol. The summed E-state index contributed by atoms with van der Waals surface area (Å²) < 4.78 is 14.5. The second kappa shape index (κ2) is 51.4. The normalized spacial score (nSPS) is 12.2. The van der Waals surface area contributed by atoms with Crippen LogP contribution in [0.3, 0.4) is 0 Å². The first-order valence-corrected chi connectivity index (χ1v) is 31.3. The highest BCUT2D eigenvalue weighted by Crippen LogP contribution is 2.26. The van der Waals surface area contributed by atoms with Crippen molar-refractivity contribution < 1.29 is 8.85 Å². The number of hydrogen-bond donors (Lipinski definition) is 1. The lowest BCUT2D eigenvalue weighted by Crippen LogP contribution is -2.46. The largest absolute Gasteiger partial charge is 0.393 e. The van der Waals surface area contributed by atoms with Gasteiger partial charge in [0.1, 0.15) is 0 Å². The number of nitrogens with zero attached hydrogens (tertiary/aromatic N) is 2. The van der Waals surface area contributed by atoms with E-state index in [9.17, 15) is 0 Å². The van der Waals surface area contributed by atoms with Gasteiger partial charge in [-0.05, 0) is 76.1 Å². The molecule has 0 atom stereocenters. The Morgan fingerprint density at radius 1 is 0.279 bits per heavy atom. The van der Waals surface area contributed by atoms with Crippen LogP contribution in [0.25, 0.3) is 0 Å². The van der Waals surface area contributed by atoms with Gasteiger partial charge in [0.05, 0.1) is 0 Å². The summed E-state index contributed by atoms with van der Waals surface area (Å²) in [5, 5.41) is 0. The Morgan fingerprint density at radius 2 is 0.508 bits per heavy atom. The first-order chi connectivity index (χ1) is 30.1. The van der Waals surface area contributed by atoms with Crippen molar-refractivity contribution in [1.29, 1.82) is 0 Å². The molecule has 0 saturated carbocycles. The van der Waals surface area contributed by atoms with Crippen LogP contribution in [0.15, 0.2) is 0 Å². The molecule has 0 bridgehead atoms. The van der Waals surface area contributed by atoms with Gasteiger partial charge >= 0.3 is 8.56 Å². The first-order valence-electron chi connectivity index (χ1n) is 28.4. The van der Waals surface area contributed by atoms with Crippen molar-refractivity contribution in [3.63, 3.8) is 0 Å². The zero-order chi connectivity index (χ0) is 44.4. The summed E-state index contributed by atoms with van der Waals surface area (Å²) in [6, 6.07) is 2.27. The van der Waals surface area contributed by atoms with Crippen molar-refractivity contribution in [1.82, 2.24) is 9.80 Å². The summed E-state index contributed by atoms with van der Waals surface area (Å²) in [6.45, 7) is 20.4. The Labute approximate surface area is 393 Å². The van der Waals surface area contributed by atoms with Crippen LogP contribution in [0.4, 0.5) is 0 Å². The van der Waals surface area contributed by atoms with Gasteiger partial charge in [0.2, 0.25) is 0 Å².